The molecule has 1 aliphatic heterocycles. The highest BCUT2D eigenvalue weighted by molar-refractivity contribution is 5.79. The summed E-state index contributed by atoms with van der Waals surface area (Å²) in [5.74, 6) is 0.278. The topological polar surface area (TPSA) is 80.7 Å². The van der Waals surface area contributed by atoms with Gasteiger partial charge in [-0.25, -0.2) is 0 Å². The largest absolute Gasteiger partial charge is 0.347 e. The van der Waals surface area contributed by atoms with Crippen LogP contribution in [0.5, 0.6) is 0 Å². The molecule has 0 saturated heterocycles. The van der Waals surface area contributed by atoms with Crippen LogP contribution in [-0.2, 0) is 10.8 Å². The summed E-state index contributed by atoms with van der Waals surface area (Å²) in [7, 11) is 2.04. The summed E-state index contributed by atoms with van der Waals surface area (Å²) >= 11 is 0. The monoisotopic (exact) mass is 391 g/mol. The van der Waals surface area contributed by atoms with Crippen LogP contribution in [0.25, 0.3) is 5.78 Å². The zero-order valence-electron chi connectivity index (χ0n) is 17.6. The van der Waals surface area contributed by atoms with E-state index in [1.165, 1.54) is 26.8 Å². The Morgan fingerprint density at radius 3 is 2.59 bits per heavy atom. The van der Waals surface area contributed by atoms with Crippen LogP contribution in [-0.4, -0.2) is 37.7 Å². The second-order valence-electron chi connectivity index (χ2n) is 8.81. The Morgan fingerprint density at radius 2 is 1.90 bits per heavy atom. The summed E-state index contributed by atoms with van der Waals surface area (Å²) in [6, 6.07) is 8.34. The van der Waals surface area contributed by atoms with Gasteiger partial charge in [0, 0.05) is 35.5 Å². The first-order valence-electron chi connectivity index (χ1n) is 9.54. The average molecular weight is 391 g/mol. The number of allylic oxidation sites excluding steroid dienone is 2. The van der Waals surface area contributed by atoms with Crippen LogP contribution in [0.4, 0.5) is 5.69 Å². The number of para-hydroxylation sites is 1. The summed E-state index contributed by atoms with van der Waals surface area (Å²) < 4.78 is 2.74. The minimum Gasteiger partial charge on any atom is -0.347 e. The number of nitrogens with zero attached hydrogens (tertiary/aromatic N) is 7. The van der Waals surface area contributed by atoms with Crippen LogP contribution < -0.4 is 10.5 Å². The van der Waals surface area contributed by atoms with Gasteiger partial charge in [-0.1, -0.05) is 52.8 Å². The molecular weight excluding hydrogens is 366 g/mol. The molecule has 29 heavy (non-hydrogen) atoms. The maximum absolute atomic E-state index is 13.0. The molecule has 0 aliphatic carbocycles. The van der Waals surface area contributed by atoms with Gasteiger partial charge in [-0.15, -0.1) is 10.2 Å². The lowest BCUT2D eigenvalue weighted by Gasteiger charge is -2.23. The van der Waals surface area contributed by atoms with Gasteiger partial charge in [-0.05, 0) is 17.7 Å². The van der Waals surface area contributed by atoms with Crippen molar-refractivity contribution in [3.05, 3.63) is 64.0 Å². The first-order chi connectivity index (χ1) is 13.6. The molecule has 0 amide bonds. The molecule has 0 unspecified atom stereocenters. The summed E-state index contributed by atoms with van der Waals surface area (Å²) in [4.78, 5) is 15.2. The molecule has 150 valence electrons. The fourth-order valence-corrected chi connectivity index (χ4v) is 3.82. The number of benzene rings is 1. The lowest BCUT2D eigenvalue weighted by atomic mass is 9.84. The van der Waals surface area contributed by atoms with Crippen molar-refractivity contribution in [2.75, 3.05) is 11.9 Å². The van der Waals surface area contributed by atoms with E-state index in [0.29, 0.717) is 5.69 Å². The predicted molar refractivity (Wildman–Crippen MR) is 114 cm³/mol. The number of likely N-dealkylation sites (N-methyl/N-ethyl adjacent to an activating group) is 1. The lowest BCUT2D eigenvalue weighted by molar-refractivity contribution is 0.529. The fourth-order valence-electron chi connectivity index (χ4n) is 3.82. The quantitative estimate of drug-likeness (QED) is 0.628. The normalized spacial score (nSPS) is 17.6. The van der Waals surface area contributed by atoms with Crippen LogP contribution in [0.15, 0.2) is 52.3 Å². The van der Waals surface area contributed by atoms with Crippen molar-refractivity contribution in [2.45, 2.75) is 45.4 Å². The Kier molecular flexibility index (Phi) is 4.18. The number of hydrogen-bond donors (Lipinski definition) is 0. The van der Waals surface area contributed by atoms with E-state index in [2.05, 4.69) is 57.3 Å². The Morgan fingerprint density at radius 1 is 1.17 bits per heavy atom. The van der Waals surface area contributed by atoms with Gasteiger partial charge in [0.1, 0.15) is 12.0 Å². The molecule has 0 saturated carbocycles. The second kappa shape index (κ2) is 6.37. The van der Waals surface area contributed by atoms with Gasteiger partial charge in [0.05, 0.1) is 0 Å². The third kappa shape index (κ3) is 2.95. The Labute approximate surface area is 169 Å². The molecule has 0 bridgehead atoms. The first-order valence-corrected chi connectivity index (χ1v) is 9.54. The predicted octanol–water partition coefficient (Wildman–Crippen LogP) is 2.73. The lowest BCUT2D eigenvalue weighted by Crippen LogP contribution is -2.33. The Bertz CT molecular complexity index is 1210. The maximum atomic E-state index is 13.0. The summed E-state index contributed by atoms with van der Waals surface area (Å²) in [5, 5.41) is 16.7. The second-order valence-corrected chi connectivity index (χ2v) is 8.81. The molecule has 8 nitrogen and oxygen atoms in total. The number of anilines is 1. The minimum absolute atomic E-state index is 0.165. The fraction of sp³-hybridized carbons (Fsp3) is 0.381. The van der Waals surface area contributed by atoms with Crippen LogP contribution in [0.3, 0.4) is 0 Å². The Balaban J connectivity index is 1.80. The molecular formula is C21H25N7O. The molecule has 3 aromatic rings. The van der Waals surface area contributed by atoms with E-state index >= 15 is 0 Å². The van der Waals surface area contributed by atoms with E-state index in [0.717, 1.165) is 5.70 Å². The molecule has 2 aromatic heterocycles. The van der Waals surface area contributed by atoms with E-state index in [1.807, 2.05) is 40.0 Å². The molecule has 3 heterocycles. The van der Waals surface area contributed by atoms with Crippen molar-refractivity contribution < 1.29 is 0 Å². The molecule has 1 aromatic carbocycles. The average Bonchev–Trinajstić information content (AvgIpc) is 3.19. The third-order valence-corrected chi connectivity index (χ3v) is 5.37. The number of fused-ring (bicyclic) bond motifs is 2. The van der Waals surface area contributed by atoms with Crippen LogP contribution >= 0.6 is 0 Å². The van der Waals surface area contributed by atoms with Crippen LogP contribution in [0.1, 0.15) is 45.9 Å². The molecule has 4 rings (SSSR count). The molecule has 0 fully saturated rings. The zero-order chi connectivity index (χ0) is 21.0. The van der Waals surface area contributed by atoms with Gasteiger partial charge in [-0.3, -0.25) is 4.79 Å². The summed E-state index contributed by atoms with van der Waals surface area (Å²) in [6.45, 7) is 10.2. The molecule has 0 atom stereocenters. The van der Waals surface area contributed by atoms with E-state index in [9.17, 15) is 4.79 Å². The maximum Gasteiger partial charge on any atom is 0.298 e. The van der Waals surface area contributed by atoms with E-state index < -0.39 is 5.41 Å². The zero-order valence-corrected chi connectivity index (χ0v) is 17.6. The number of aromatic nitrogens is 5. The van der Waals surface area contributed by atoms with Gasteiger partial charge < -0.3 is 4.90 Å². The highest BCUT2D eigenvalue weighted by Gasteiger charge is 2.37. The van der Waals surface area contributed by atoms with E-state index in [4.69, 9.17) is 0 Å². The van der Waals surface area contributed by atoms with Crippen LogP contribution in [0, 0.1) is 0 Å². The van der Waals surface area contributed by atoms with Gasteiger partial charge in [-0.2, -0.15) is 19.4 Å². The van der Waals surface area contributed by atoms with Gasteiger partial charge >= 0.3 is 0 Å². The SMILES string of the molecule is CN1/C(=C\C=N\n2c(=O)c(C(C)(C)C)nn3cnnc23)C(C)(C)c2ccccc21. The van der Waals surface area contributed by atoms with Crippen molar-refractivity contribution in [1.82, 2.24) is 24.5 Å². The van der Waals surface area contributed by atoms with Crippen molar-refractivity contribution in [1.29, 1.82) is 0 Å². The number of rotatable bonds is 2. The molecule has 8 heteroatoms. The van der Waals surface area contributed by atoms with Crippen molar-refractivity contribution >= 4 is 17.7 Å². The molecule has 1 aliphatic rings. The van der Waals surface area contributed by atoms with Crippen molar-refractivity contribution in [3.8, 4) is 0 Å². The minimum atomic E-state index is -0.430. The standard InChI is InChI=1S/C21H25N7O/c1-20(2,3)17-18(29)28(19-24-22-13-27(19)25-17)23-12-11-16-21(4,5)14-9-7-8-10-15(14)26(16)6/h7-13H,1-6H3/b16-11-,23-12+. The molecule has 0 N–H and O–H groups in total. The van der Waals surface area contributed by atoms with E-state index in [1.54, 1.807) is 6.21 Å². The van der Waals surface area contributed by atoms with Gasteiger partial charge in [0.25, 0.3) is 11.3 Å². The smallest absolute Gasteiger partial charge is 0.298 e. The molecule has 0 radical (unpaired) electrons. The third-order valence-electron chi connectivity index (χ3n) is 5.37. The summed E-state index contributed by atoms with van der Waals surface area (Å²) in [5.41, 5.74) is 3.04. The number of hydrogen-bond acceptors (Lipinski definition) is 6. The summed E-state index contributed by atoms with van der Waals surface area (Å²) in [6.07, 6.45) is 5.05. The van der Waals surface area contributed by atoms with Gasteiger partial charge in [0.2, 0.25) is 0 Å². The highest BCUT2D eigenvalue weighted by atomic mass is 16.1. The van der Waals surface area contributed by atoms with Crippen molar-refractivity contribution in [3.63, 3.8) is 0 Å². The van der Waals surface area contributed by atoms with Crippen molar-refractivity contribution in [2.24, 2.45) is 5.10 Å². The van der Waals surface area contributed by atoms with Crippen LogP contribution in [0.2, 0.25) is 0 Å². The molecule has 0 spiro atoms. The van der Waals surface area contributed by atoms with E-state index in [-0.39, 0.29) is 16.8 Å². The van der Waals surface area contributed by atoms with Gasteiger partial charge in [0.15, 0.2) is 0 Å². The highest BCUT2D eigenvalue weighted by Crippen LogP contribution is 2.46. The first kappa shape index (κ1) is 19.0. The Hall–Kier alpha value is -3.29.